The van der Waals surface area contributed by atoms with Gasteiger partial charge in [-0.3, -0.25) is 9.59 Å². The lowest BCUT2D eigenvalue weighted by Gasteiger charge is -2.25. The van der Waals surface area contributed by atoms with Crippen LogP contribution >= 0.6 is 0 Å². The summed E-state index contributed by atoms with van der Waals surface area (Å²) in [6, 6.07) is 19.1. The summed E-state index contributed by atoms with van der Waals surface area (Å²) in [5.74, 6) is 0.204. The molecule has 3 aromatic rings. The van der Waals surface area contributed by atoms with Gasteiger partial charge in [0.2, 0.25) is 5.91 Å². The van der Waals surface area contributed by atoms with Gasteiger partial charge in [-0.1, -0.05) is 42.5 Å². The smallest absolute Gasteiger partial charge is 0.285 e. The number of carbonyl (C=O) groups is 1. The van der Waals surface area contributed by atoms with E-state index in [1.54, 1.807) is 46.0 Å². The zero-order valence-corrected chi connectivity index (χ0v) is 19.2. The van der Waals surface area contributed by atoms with Gasteiger partial charge < -0.3 is 14.8 Å². The van der Waals surface area contributed by atoms with Crippen molar-refractivity contribution in [2.24, 2.45) is 4.40 Å². The monoisotopic (exact) mass is 476 g/mol. The molecule has 0 unspecified atom stereocenters. The molecule has 0 spiro atoms. The molecule has 34 heavy (non-hydrogen) atoms. The molecule has 1 atom stereocenters. The topological polar surface area (TPSA) is 101 Å². The van der Waals surface area contributed by atoms with E-state index in [0.29, 0.717) is 37.5 Å². The Bertz CT molecular complexity index is 1430. The molecule has 2 aliphatic rings. The van der Waals surface area contributed by atoms with E-state index in [4.69, 9.17) is 0 Å². The van der Waals surface area contributed by atoms with Gasteiger partial charge in [0, 0.05) is 30.9 Å². The van der Waals surface area contributed by atoms with E-state index in [-0.39, 0.29) is 16.4 Å². The van der Waals surface area contributed by atoms with Crippen LogP contribution in [0.15, 0.2) is 87.0 Å². The summed E-state index contributed by atoms with van der Waals surface area (Å²) in [5, 5.41) is 2.98. The third-order valence-corrected chi connectivity index (χ3v) is 7.51. The summed E-state index contributed by atoms with van der Waals surface area (Å²) >= 11 is 0. The maximum atomic E-state index is 13.0. The van der Waals surface area contributed by atoms with Crippen molar-refractivity contribution < 1.29 is 13.2 Å². The molecule has 9 heteroatoms. The average Bonchev–Trinajstić information content (AvgIpc) is 3.43. The molecule has 1 saturated heterocycles. The number of sulfonamides is 1. The third-order valence-electron chi connectivity index (χ3n) is 6.18. The summed E-state index contributed by atoms with van der Waals surface area (Å²) in [4.78, 5) is 26.9. The fourth-order valence-corrected chi connectivity index (χ4v) is 5.66. The number of pyridine rings is 1. The fraction of sp³-hybridized carbons (Fsp3) is 0.240. The van der Waals surface area contributed by atoms with Crippen LogP contribution in [-0.2, 0) is 27.9 Å². The Morgan fingerprint density at radius 1 is 1.00 bits per heavy atom. The molecule has 0 radical (unpaired) electrons. The summed E-state index contributed by atoms with van der Waals surface area (Å²) < 4.78 is 30.5. The molecule has 174 valence electrons. The van der Waals surface area contributed by atoms with Crippen molar-refractivity contribution in [3.05, 3.63) is 100.0 Å². The predicted molar refractivity (Wildman–Crippen MR) is 128 cm³/mol. The summed E-state index contributed by atoms with van der Waals surface area (Å²) in [5.41, 5.74) is 2.43. The second-order valence-electron chi connectivity index (χ2n) is 8.44. The normalized spacial score (nSPS) is 18.4. The summed E-state index contributed by atoms with van der Waals surface area (Å²) in [6.07, 6.45) is 3.17. The van der Waals surface area contributed by atoms with Crippen LogP contribution in [0.3, 0.4) is 0 Å². The molecule has 1 fully saturated rings. The Morgan fingerprint density at radius 2 is 1.74 bits per heavy atom. The van der Waals surface area contributed by atoms with Crippen molar-refractivity contribution >= 4 is 21.8 Å². The largest absolute Gasteiger partial charge is 0.350 e. The highest BCUT2D eigenvalue weighted by molar-refractivity contribution is 7.90. The van der Waals surface area contributed by atoms with E-state index in [2.05, 4.69) is 9.71 Å². The number of nitrogens with one attached hydrogen (secondary N) is 1. The number of hydrogen-bond acceptors (Lipinski definition) is 5. The molecule has 2 aliphatic heterocycles. The van der Waals surface area contributed by atoms with E-state index >= 15 is 0 Å². The van der Waals surface area contributed by atoms with Crippen molar-refractivity contribution in [2.45, 2.75) is 36.9 Å². The van der Waals surface area contributed by atoms with Crippen molar-refractivity contribution in [1.82, 2.24) is 14.8 Å². The fourth-order valence-electron chi connectivity index (χ4n) is 4.45. The van der Waals surface area contributed by atoms with E-state index in [1.807, 2.05) is 30.3 Å². The number of likely N-dealkylation sites (tertiary alicyclic amines) is 1. The SMILES string of the molecule is O=C(NCc1ccc(Cn2ccccc2=O)cc1)[C@@H]1CCCN1C1=NS(=O)(=O)c2ccccc21. The van der Waals surface area contributed by atoms with Crippen molar-refractivity contribution in [3.63, 3.8) is 0 Å². The Morgan fingerprint density at radius 3 is 2.53 bits per heavy atom. The number of amidine groups is 1. The van der Waals surface area contributed by atoms with Crippen LogP contribution in [0.2, 0.25) is 0 Å². The van der Waals surface area contributed by atoms with Crippen LogP contribution in [0.5, 0.6) is 0 Å². The third kappa shape index (κ3) is 4.26. The van der Waals surface area contributed by atoms with Crippen molar-refractivity contribution in [1.29, 1.82) is 0 Å². The number of aromatic nitrogens is 1. The molecular formula is C25H24N4O4S. The van der Waals surface area contributed by atoms with E-state index in [0.717, 1.165) is 17.5 Å². The first-order valence-electron chi connectivity index (χ1n) is 11.1. The van der Waals surface area contributed by atoms with Crippen LogP contribution in [0.4, 0.5) is 0 Å². The van der Waals surface area contributed by atoms with E-state index in [1.165, 1.54) is 6.07 Å². The van der Waals surface area contributed by atoms with Gasteiger partial charge in [0.15, 0.2) is 5.84 Å². The average molecular weight is 477 g/mol. The lowest BCUT2D eigenvalue weighted by atomic mass is 10.1. The standard InChI is InChI=1S/C25H24N4O4S/c30-23-9-3-4-14-28(23)17-19-12-10-18(11-13-19)16-26-25(31)21-7-5-15-29(21)24-20-6-1-2-8-22(20)34(32,33)27-24/h1-4,6,8-14,21H,5,7,15-17H2,(H,26,31)/t21-/m0/s1. The summed E-state index contributed by atoms with van der Waals surface area (Å²) in [7, 11) is -3.73. The highest BCUT2D eigenvalue weighted by atomic mass is 32.2. The van der Waals surface area contributed by atoms with Gasteiger partial charge in [-0.05, 0) is 42.2 Å². The molecule has 1 N–H and O–H groups in total. The minimum atomic E-state index is -3.73. The lowest BCUT2D eigenvalue weighted by Crippen LogP contribution is -2.45. The lowest BCUT2D eigenvalue weighted by molar-refractivity contribution is -0.124. The molecule has 2 aromatic carbocycles. The second-order valence-corrected chi connectivity index (χ2v) is 10.0. The number of benzene rings is 2. The number of carbonyl (C=O) groups excluding carboxylic acids is 1. The molecule has 5 rings (SSSR count). The van der Waals surface area contributed by atoms with E-state index in [9.17, 15) is 18.0 Å². The quantitative estimate of drug-likeness (QED) is 0.608. The number of fused-ring (bicyclic) bond motifs is 1. The van der Waals surface area contributed by atoms with Crippen LogP contribution in [0, 0.1) is 0 Å². The maximum absolute atomic E-state index is 13.0. The summed E-state index contributed by atoms with van der Waals surface area (Å²) in [6.45, 7) is 1.42. The Labute approximate surface area is 197 Å². The molecule has 0 bridgehead atoms. The van der Waals surface area contributed by atoms with Crippen LogP contribution in [-0.4, -0.2) is 42.2 Å². The van der Waals surface area contributed by atoms with E-state index < -0.39 is 16.1 Å². The Balaban J connectivity index is 1.24. The predicted octanol–water partition coefficient (Wildman–Crippen LogP) is 2.13. The van der Waals surface area contributed by atoms with Gasteiger partial charge in [0.25, 0.3) is 15.6 Å². The molecule has 0 saturated carbocycles. The molecule has 1 aromatic heterocycles. The maximum Gasteiger partial charge on any atom is 0.285 e. The van der Waals surface area contributed by atoms with Crippen molar-refractivity contribution in [3.8, 4) is 0 Å². The highest BCUT2D eigenvalue weighted by Crippen LogP contribution is 2.31. The molecule has 3 heterocycles. The molecule has 8 nitrogen and oxygen atoms in total. The first kappa shape index (κ1) is 22.1. The number of nitrogens with zero attached hydrogens (tertiary/aromatic N) is 3. The molecule has 0 aliphatic carbocycles. The van der Waals surface area contributed by atoms with Gasteiger partial charge in [-0.2, -0.15) is 8.42 Å². The Kier molecular flexibility index (Phi) is 5.79. The van der Waals surface area contributed by atoms with Crippen molar-refractivity contribution in [2.75, 3.05) is 6.54 Å². The minimum absolute atomic E-state index is 0.0535. The zero-order chi connectivity index (χ0) is 23.7. The van der Waals surface area contributed by atoms with Gasteiger partial charge >= 0.3 is 0 Å². The minimum Gasteiger partial charge on any atom is -0.350 e. The molecule has 1 amide bonds. The van der Waals surface area contributed by atoms with Crippen LogP contribution < -0.4 is 10.9 Å². The highest BCUT2D eigenvalue weighted by Gasteiger charge is 2.39. The second kappa shape index (κ2) is 8.90. The first-order chi connectivity index (χ1) is 16.4. The number of rotatable bonds is 5. The van der Waals surface area contributed by atoms with Crippen LogP contribution in [0.1, 0.15) is 29.5 Å². The van der Waals surface area contributed by atoms with Gasteiger partial charge in [-0.25, -0.2) is 0 Å². The zero-order valence-electron chi connectivity index (χ0n) is 18.4. The Hall–Kier alpha value is -3.72. The van der Waals surface area contributed by atoms with Gasteiger partial charge in [0.05, 0.1) is 6.54 Å². The molecular weight excluding hydrogens is 452 g/mol. The van der Waals surface area contributed by atoms with Gasteiger partial charge in [-0.15, -0.1) is 4.40 Å². The van der Waals surface area contributed by atoms with Gasteiger partial charge in [0.1, 0.15) is 10.9 Å². The first-order valence-corrected chi connectivity index (χ1v) is 12.6. The number of amides is 1. The van der Waals surface area contributed by atoms with Crippen LogP contribution in [0.25, 0.3) is 0 Å². The number of hydrogen-bond donors (Lipinski definition) is 1.